The molecule has 1 fully saturated rings. The predicted octanol–water partition coefficient (Wildman–Crippen LogP) is 5.04. The number of aromatic amines is 1. The number of anilines is 2. The Labute approximate surface area is 208 Å². The number of sulfonamides is 1. The number of fused-ring (bicyclic) bond motifs is 2. The minimum absolute atomic E-state index is 0.222. The second kappa shape index (κ2) is 8.63. The van der Waals surface area contributed by atoms with Gasteiger partial charge < -0.3 is 15.3 Å². The number of nitrogens with two attached hydrogens (primary N) is 1. The Hall–Kier alpha value is -3.92. The second-order valence-electron chi connectivity index (χ2n) is 9.27. The number of H-pyrrole nitrogens is 1. The minimum Gasteiger partial charge on any atom is -0.383 e. The molecule has 6 rings (SSSR count). The van der Waals surface area contributed by atoms with Crippen molar-refractivity contribution >= 4 is 43.6 Å². The van der Waals surface area contributed by atoms with Crippen molar-refractivity contribution in [3.63, 3.8) is 0 Å². The molecule has 36 heavy (non-hydrogen) atoms. The van der Waals surface area contributed by atoms with Gasteiger partial charge in [-0.3, -0.25) is 4.72 Å². The van der Waals surface area contributed by atoms with Crippen molar-refractivity contribution < 1.29 is 8.42 Å². The van der Waals surface area contributed by atoms with E-state index in [1.807, 2.05) is 19.1 Å². The molecule has 5 aromatic rings. The average molecular weight is 502 g/mol. The van der Waals surface area contributed by atoms with E-state index in [2.05, 4.69) is 30.4 Å². The number of nitrogen functional groups attached to an aromatic ring is 1. The van der Waals surface area contributed by atoms with E-state index in [4.69, 9.17) is 10.7 Å². The number of rotatable bonds is 6. The van der Waals surface area contributed by atoms with Gasteiger partial charge in [-0.25, -0.2) is 23.4 Å². The minimum atomic E-state index is -3.71. The molecule has 0 aliphatic heterocycles. The molecule has 2 aromatic carbocycles. The zero-order valence-corrected chi connectivity index (χ0v) is 20.7. The third kappa shape index (κ3) is 3.87. The Balaban J connectivity index is 1.37. The maximum atomic E-state index is 12.9. The van der Waals surface area contributed by atoms with Crippen molar-refractivity contribution in [3.05, 3.63) is 60.6 Å². The van der Waals surface area contributed by atoms with Gasteiger partial charge in [0.05, 0.1) is 27.0 Å². The maximum absolute atomic E-state index is 12.9. The SMILES string of the molecule is CCc1ccc(S(=O)(=O)Nc2ccc3nc(-c4cn(C5CCCC5)c5ncnc(N)c45)[nH]c3c2)cc1. The zero-order chi connectivity index (χ0) is 24.9. The molecule has 184 valence electrons. The molecular formula is C26H27N7O2S. The molecule has 3 heterocycles. The van der Waals surface area contributed by atoms with Crippen LogP contribution in [0.3, 0.4) is 0 Å². The average Bonchev–Trinajstić information content (AvgIpc) is 3.62. The first-order valence-electron chi connectivity index (χ1n) is 12.2. The summed E-state index contributed by atoms with van der Waals surface area (Å²) in [5, 5.41) is 0.778. The lowest BCUT2D eigenvalue weighted by Crippen LogP contribution is -2.12. The van der Waals surface area contributed by atoms with Crippen LogP contribution in [0.2, 0.25) is 0 Å². The van der Waals surface area contributed by atoms with Crippen molar-refractivity contribution in [2.24, 2.45) is 0 Å². The molecular weight excluding hydrogens is 474 g/mol. The molecule has 0 atom stereocenters. The first kappa shape index (κ1) is 22.5. The molecule has 0 saturated heterocycles. The monoisotopic (exact) mass is 501 g/mol. The van der Waals surface area contributed by atoms with Gasteiger partial charge in [0.2, 0.25) is 0 Å². The first-order valence-corrected chi connectivity index (χ1v) is 13.6. The summed E-state index contributed by atoms with van der Waals surface area (Å²) in [4.78, 5) is 17.1. The highest BCUT2D eigenvalue weighted by atomic mass is 32.2. The first-order chi connectivity index (χ1) is 17.4. The van der Waals surface area contributed by atoms with E-state index in [9.17, 15) is 8.42 Å². The summed E-state index contributed by atoms with van der Waals surface area (Å²) in [6, 6.07) is 12.5. The lowest BCUT2D eigenvalue weighted by Gasteiger charge is -2.12. The number of nitrogens with zero attached hydrogens (tertiary/aromatic N) is 4. The van der Waals surface area contributed by atoms with Crippen molar-refractivity contribution in [1.82, 2.24) is 24.5 Å². The highest BCUT2D eigenvalue weighted by Gasteiger charge is 2.24. The summed E-state index contributed by atoms with van der Waals surface area (Å²) in [6.45, 7) is 2.03. The topological polar surface area (TPSA) is 132 Å². The van der Waals surface area contributed by atoms with Crippen LogP contribution in [-0.4, -0.2) is 32.9 Å². The summed E-state index contributed by atoms with van der Waals surface area (Å²) < 4.78 is 30.7. The smallest absolute Gasteiger partial charge is 0.261 e. The molecule has 3 aromatic heterocycles. The van der Waals surface area contributed by atoms with Gasteiger partial charge in [0.25, 0.3) is 10.0 Å². The van der Waals surface area contributed by atoms with E-state index in [0.717, 1.165) is 46.9 Å². The third-order valence-electron chi connectivity index (χ3n) is 6.99. The van der Waals surface area contributed by atoms with Crippen molar-refractivity contribution in [2.45, 2.75) is 50.0 Å². The lowest BCUT2D eigenvalue weighted by atomic mass is 10.2. The fourth-order valence-corrected chi connectivity index (χ4v) is 6.12. The van der Waals surface area contributed by atoms with Gasteiger partial charge >= 0.3 is 0 Å². The van der Waals surface area contributed by atoms with Gasteiger partial charge in [-0.1, -0.05) is 31.9 Å². The molecule has 0 bridgehead atoms. The Morgan fingerprint density at radius 1 is 1.11 bits per heavy atom. The van der Waals surface area contributed by atoms with E-state index < -0.39 is 10.0 Å². The van der Waals surface area contributed by atoms with E-state index >= 15 is 0 Å². The quantitative estimate of drug-likeness (QED) is 0.299. The maximum Gasteiger partial charge on any atom is 0.261 e. The summed E-state index contributed by atoms with van der Waals surface area (Å²) in [5.74, 6) is 1.05. The van der Waals surface area contributed by atoms with Crippen LogP contribution >= 0.6 is 0 Å². The molecule has 1 aliphatic carbocycles. The van der Waals surface area contributed by atoms with Gasteiger partial charge in [-0.15, -0.1) is 0 Å². The molecule has 1 saturated carbocycles. The Morgan fingerprint density at radius 2 is 1.89 bits per heavy atom. The van der Waals surface area contributed by atoms with Crippen LogP contribution in [0.4, 0.5) is 11.5 Å². The molecule has 4 N–H and O–H groups in total. The summed E-state index contributed by atoms with van der Waals surface area (Å²) >= 11 is 0. The number of aryl methyl sites for hydroxylation is 1. The Morgan fingerprint density at radius 3 is 2.64 bits per heavy atom. The Bertz CT molecular complexity index is 1680. The molecule has 1 aliphatic rings. The van der Waals surface area contributed by atoms with Gasteiger partial charge in [0.1, 0.15) is 23.6 Å². The van der Waals surface area contributed by atoms with E-state index in [-0.39, 0.29) is 4.90 Å². The van der Waals surface area contributed by atoms with Gasteiger partial charge in [-0.2, -0.15) is 0 Å². The van der Waals surface area contributed by atoms with Crippen LogP contribution in [0.5, 0.6) is 0 Å². The highest BCUT2D eigenvalue weighted by Crippen LogP contribution is 2.38. The number of benzene rings is 2. The largest absolute Gasteiger partial charge is 0.383 e. The Kier molecular flexibility index (Phi) is 5.40. The number of hydrogen-bond donors (Lipinski definition) is 3. The summed E-state index contributed by atoms with van der Waals surface area (Å²) in [6.07, 6.45) is 9.03. The van der Waals surface area contributed by atoms with Crippen LogP contribution in [0.25, 0.3) is 33.5 Å². The van der Waals surface area contributed by atoms with Crippen LogP contribution in [0, 0.1) is 0 Å². The van der Waals surface area contributed by atoms with Crippen LogP contribution < -0.4 is 10.5 Å². The normalized spacial score (nSPS) is 14.7. The lowest BCUT2D eigenvalue weighted by molar-refractivity contribution is 0.532. The van der Waals surface area contributed by atoms with Gasteiger partial charge in [0.15, 0.2) is 0 Å². The summed E-state index contributed by atoms with van der Waals surface area (Å²) in [7, 11) is -3.71. The van der Waals surface area contributed by atoms with E-state index in [1.54, 1.807) is 30.3 Å². The predicted molar refractivity (Wildman–Crippen MR) is 141 cm³/mol. The van der Waals surface area contributed by atoms with E-state index in [1.165, 1.54) is 19.2 Å². The summed E-state index contributed by atoms with van der Waals surface area (Å²) in [5.41, 5.74) is 10.9. The molecule has 0 spiro atoms. The number of imidazole rings is 1. The number of nitrogens with one attached hydrogen (secondary N) is 2. The van der Waals surface area contributed by atoms with Crippen molar-refractivity contribution in [3.8, 4) is 11.4 Å². The number of aromatic nitrogens is 5. The standard InChI is InChI=1S/C26H27N7O2S/c1-2-16-7-10-19(11-8-16)36(34,35)32-17-9-12-21-22(13-17)31-25(30-21)20-14-33(18-5-3-4-6-18)26-23(20)24(27)28-15-29-26/h7-15,18,32H,2-6H2,1H3,(H,30,31)(H2,27,28,29). The van der Waals surface area contributed by atoms with Crippen molar-refractivity contribution in [2.75, 3.05) is 10.5 Å². The van der Waals surface area contributed by atoms with Gasteiger partial charge in [0, 0.05) is 17.8 Å². The number of hydrogen-bond acceptors (Lipinski definition) is 6. The van der Waals surface area contributed by atoms with Gasteiger partial charge in [-0.05, 0) is 55.2 Å². The second-order valence-corrected chi connectivity index (χ2v) is 10.9. The molecule has 10 heteroatoms. The fraction of sp³-hybridized carbons (Fsp3) is 0.269. The van der Waals surface area contributed by atoms with Crippen LogP contribution in [0.15, 0.2) is 59.9 Å². The van der Waals surface area contributed by atoms with Crippen LogP contribution in [-0.2, 0) is 16.4 Å². The molecule has 0 radical (unpaired) electrons. The van der Waals surface area contributed by atoms with Crippen molar-refractivity contribution in [1.29, 1.82) is 0 Å². The molecule has 9 nitrogen and oxygen atoms in total. The zero-order valence-electron chi connectivity index (χ0n) is 19.9. The third-order valence-corrected chi connectivity index (χ3v) is 8.39. The fourth-order valence-electron chi connectivity index (χ4n) is 5.07. The van der Waals surface area contributed by atoms with E-state index in [0.29, 0.717) is 28.9 Å². The molecule has 0 unspecified atom stereocenters. The molecule has 0 amide bonds. The highest BCUT2D eigenvalue weighted by molar-refractivity contribution is 7.92. The van der Waals surface area contributed by atoms with Crippen LogP contribution in [0.1, 0.15) is 44.2 Å².